The Morgan fingerprint density at radius 3 is 2.44 bits per heavy atom. The Morgan fingerprint density at radius 1 is 1.19 bits per heavy atom. The Kier molecular flexibility index (Phi) is 2.56. The first-order chi connectivity index (χ1) is 7.61. The van der Waals surface area contributed by atoms with Crippen molar-refractivity contribution in [2.45, 2.75) is 13.8 Å². The van der Waals surface area contributed by atoms with E-state index in [2.05, 4.69) is 9.97 Å². The molecule has 0 spiro atoms. The molecular formula is C12H13N3O. The summed E-state index contributed by atoms with van der Waals surface area (Å²) in [5, 5.41) is 0. The van der Waals surface area contributed by atoms with Crippen molar-refractivity contribution in [1.29, 1.82) is 0 Å². The van der Waals surface area contributed by atoms with Crippen LogP contribution in [0, 0.1) is 13.8 Å². The molecule has 0 aliphatic heterocycles. The number of aryl methyl sites for hydroxylation is 1. The Balaban J connectivity index is 2.76. The molecule has 2 aromatic rings. The maximum absolute atomic E-state index is 11.6. The molecule has 2 heterocycles. The second-order valence-electron chi connectivity index (χ2n) is 3.76. The highest BCUT2D eigenvalue weighted by molar-refractivity contribution is 5.62. The summed E-state index contributed by atoms with van der Waals surface area (Å²) in [5.74, 6) is 0.660. The minimum Gasteiger partial charge on any atom is -0.315 e. The largest absolute Gasteiger partial charge is 0.315 e. The molecule has 0 amide bonds. The van der Waals surface area contributed by atoms with Gasteiger partial charge in [0.25, 0.3) is 5.56 Å². The molecule has 0 aliphatic carbocycles. The Hall–Kier alpha value is -1.97. The summed E-state index contributed by atoms with van der Waals surface area (Å²) in [6.07, 6.45) is 3.40. The molecule has 0 N–H and O–H groups in total. The molecule has 0 fully saturated rings. The van der Waals surface area contributed by atoms with Crippen LogP contribution in [-0.4, -0.2) is 14.5 Å². The minimum atomic E-state index is -0.00492. The summed E-state index contributed by atoms with van der Waals surface area (Å²) in [7, 11) is 1.75. The summed E-state index contributed by atoms with van der Waals surface area (Å²) < 4.78 is 1.61. The van der Waals surface area contributed by atoms with Crippen LogP contribution in [0.4, 0.5) is 0 Å². The standard InChI is InChI=1S/C12H13N3O/c1-8-7-10(16)15(3)9(2)11(8)12-13-5-4-6-14-12/h4-7H,1-3H3. The van der Waals surface area contributed by atoms with E-state index in [4.69, 9.17) is 0 Å². The molecule has 2 rings (SSSR count). The second kappa shape index (κ2) is 3.89. The molecule has 4 nitrogen and oxygen atoms in total. The Labute approximate surface area is 93.6 Å². The van der Waals surface area contributed by atoms with Crippen molar-refractivity contribution >= 4 is 0 Å². The number of hydrogen-bond donors (Lipinski definition) is 0. The van der Waals surface area contributed by atoms with E-state index in [1.165, 1.54) is 0 Å². The first-order valence-corrected chi connectivity index (χ1v) is 5.06. The molecule has 16 heavy (non-hydrogen) atoms. The summed E-state index contributed by atoms with van der Waals surface area (Å²) in [6, 6.07) is 3.38. The lowest BCUT2D eigenvalue weighted by molar-refractivity contribution is 0.814. The monoisotopic (exact) mass is 215 g/mol. The molecule has 0 unspecified atom stereocenters. The Morgan fingerprint density at radius 2 is 1.81 bits per heavy atom. The van der Waals surface area contributed by atoms with Crippen molar-refractivity contribution in [2.75, 3.05) is 0 Å². The lowest BCUT2D eigenvalue weighted by atomic mass is 10.1. The van der Waals surface area contributed by atoms with Crippen LogP contribution in [-0.2, 0) is 7.05 Å². The lowest BCUT2D eigenvalue weighted by Crippen LogP contribution is -2.19. The van der Waals surface area contributed by atoms with E-state index in [1.54, 1.807) is 36.1 Å². The minimum absolute atomic E-state index is 0.00492. The topological polar surface area (TPSA) is 47.8 Å². The fraction of sp³-hybridized carbons (Fsp3) is 0.250. The van der Waals surface area contributed by atoms with Gasteiger partial charge in [0.1, 0.15) is 0 Å². The van der Waals surface area contributed by atoms with Crippen LogP contribution in [0.1, 0.15) is 11.3 Å². The quantitative estimate of drug-likeness (QED) is 0.723. The molecule has 82 valence electrons. The number of aromatic nitrogens is 3. The van der Waals surface area contributed by atoms with Crippen LogP contribution in [0.2, 0.25) is 0 Å². The molecule has 0 saturated carbocycles. The molecule has 0 aromatic carbocycles. The van der Waals surface area contributed by atoms with Gasteiger partial charge in [-0.15, -0.1) is 0 Å². The summed E-state index contributed by atoms with van der Waals surface area (Å²) >= 11 is 0. The van der Waals surface area contributed by atoms with Crippen LogP contribution in [0.3, 0.4) is 0 Å². The maximum Gasteiger partial charge on any atom is 0.250 e. The lowest BCUT2D eigenvalue weighted by Gasteiger charge is -2.11. The SMILES string of the molecule is Cc1cc(=O)n(C)c(C)c1-c1ncccn1. The Bertz CT molecular complexity index is 573. The molecular weight excluding hydrogens is 202 g/mol. The number of rotatable bonds is 1. The van der Waals surface area contributed by atoms with Crippen LogP contribution >= 0.6 is 0 Å². The molecule has 4 heteroatoms. The summed E-state index contributed by atoms with van der Waals surface area (Å²) in [6.45, 7) is 3.81. The molecule has 0 atom stereocenters. The van der Waals surface area contributed by atoms with E-state index in [-0.39, 0.29) is 5.56 Å². The van der Waals surface area contributed by atoms with Crippen molar-refractivity contribution in [3.8, 4) is 11.4 Å². The third kappa shape index (κ3) is 1.62. The molecule has 0 aliphatic rings. The van der Waals surface area contributed by atoms with E-state index in [1.807, 2.05) is 13.8 Å². The van der Waals surface area contributed by atoms with Crippen molar-refractivity contribution in [1.82, 2.24) is 14.5 Å². The number of nitrogens with zero attached hydrogens (tertiary/aromatic N) is 3. The van der Waals surface area contributed by atoms with E-state index >= 15 is 0 Å². The first-order valence-electron chi connectivity index (χ1n) is 5.06. The fourth-order valence-corrected chi connectivity index (χ4v) is 1.74. The molecule has 0 saturated heterocycles. The van der Waals surface area contributed by atoms with Gasteiger partial charge < -0.3 is 4.57 Å². The highest BCUT2D eigenvalue weighted by atomic mass is 16.1. The van der Waals surface area contributed by atoms with Gasteiger partial charge in [-0.05, 0) is 25.5 Å². The van der Waals surface area contributed by atoms with E-state index in [0.717, 1.165) is 16.8 Å². The van der Waals surface area contributed by atoms with Gasteiger partial charge in [0.15, 0.2) is 5.82 Å². The third-order valence-electron chi connectivity index (χ3n) is 2.72. The number of pyridine rings is 1. The van der Waals surface area contributed by atoms with E-state index in [0.29, 0.717) is 5.82 Å². The van der Waals surface area contributed by atoms with Gasteiger partial charge in [-0.3, -0.25) is 4.79 Å². The van der Waals surface area contributed by atoms with Crippen molar-refractivity contribution in [3.63, 3.8) is 0 Å². The second-order valence-corrected chi connectivity index (χ2v) is 3.76. The van der Waals surface area contributed by atoms with Crippen LogP contribution < -0.4 is 5.56 Å². The van der Waals surface area contributed by atoms with Gasteiger partial charge in [-0.1, -0.05) is 0 Å². The average molecular weight is 215 g/mol. The predicted octanol–water partition coefficient (Wildman–Crippen LogP) is 1.46. The van der Waals surface area contributed by atoms with Gasteiger partial charge >= 0.3 is 0 Å². The maximum atomic E-state index is 11.6. The molecule has 2 aromatic heterocycles. The summed E-state index contributed by atoms with van der Waals surface area (Å²) in [4.78, 5) is 20.0. The van der Waals surface area contributed by atoms with Crippen LogP contribution in [0.5, 0.6) is 0 Å². The highest BCUT2D eigenvalue weighted by Gasteiger charge is 2.11. The van der Waals surface area contributed by atoms with E-state index < -0.39 is 0 Å². The third-order valence-corrected chi connectivity index (χ3v) is 2.72. The van der Waals surface area contributed by atoms with Crippen molar-refractivity contribution < 1.29 is 0 Å². The smallest absolute Gasteiger partial charge is 0.250 e. The van der Waals surface area contributed by atoms with Crippen molar-refractivity contribution in [3.05, 3.63) is 46.1 Å². The average Bonchev–Trinajstić information content (AvgIpc) is 2.28. The fourth-order valence-electron chi connectivity index (χ4n) is 1.74. The van der Waals surface area contributed by atoms with Gasteiger partial charge in [0.2, 0.25) is 0 Å². The van der Waals surface area contributed by atoms with Crippen LogP contribution in [0.15, 0.2) is 29.3 Å². The zero-order valence-electron chi connectivity index (χ0n) is 9.56. The normalized spacial score (nSPS) is 10.4. The molecule has 0 bridgehead atoms. The zero-order chi connectivity index (χ0) is 11.7. The van der Waals surface area contributed by atoms with Gasteiger partial charge in [-0.25, -0.2) is 9.97 Å². The van der Waals surface area contributed by atoms with Gasteiger partial charge in [0.05, 0.1) is 0 Å². The highest BCUT2D eigenvalue weighted by Crippen LogP contribution is 2.21. The van der Waals surface area contributed by atoms with Gasteiger partial charge in [0, 0.05) is 36.8 Å². The van der Waals surface area contributed by atoms with E-state index in [9.17, 15) is 4.79 Å². The van der Waals surface area contributed by atoms with Crippen LogP contribution in [0.25, 0.3) is 11.4 Å². The van der Waals surface area contributed by atoms with Crippen molar-refractivity contribution in [2.24, 2.45) is 7.05 Å². The predicted molar refractivity (Wildman–Crippen MR) is 62.2 cm³/mol. The molecule has 0 radical (unpaired) electrons. The van der Waals surface area contributed by atoms with Gasteiger partial charge in [-0.2, -0.15) is 0 Å². The first kappa shape index (κ1) is 10.5. The summed E-state index contributed by atoms with van der Waals surface area (Å²) in [5.41, 5.74) is 2.72. The number of hydrogen-bond acceptors (Lipinski definition) is 3. The zero-order valence-corrected chi connectivity index (χ0v) is 9.56.